The summed E-state index contributed by atoms with van der Waals surface area (Å²) in [6.07, 6.45) is 0. The summed E-state index contributed by atoms with van der Waals surface area (Å²) in [6.45, 7) is 0. The highest BCUT2D eigenvalue weighted by Crippen LogP contribution is 2.42. The van der Waals surface area contributed by atoms with Gasteiger partial charge >= 0.3 is 0 Å². The van der Waals surface area contributed by atoms with Crippen LogP contribution in [-0.2, 0) is 5.54 Å². The lowest BCUT2D eigenvalue weighted by atomic mass is 9.77. The predicted molar refractivity (Wildman–Crippen MR) is 110 cm³/mol. The second kappa shape index (κ2) is 7.10. The van der Waals surface area contributed by atoms with Crippen LogP contribution in [0.25, 0.3) is 0 Å². The van der Waals surface area contributed by atoms with Crippen LogP contribution in [0.4, 0.5) is 0 Å². The lowest BCUT2D eigenvalue weighted by Crippen LogP contribution is -2.38. The van der Waals surface area contributed by atoms with Crippen LogP contribution in [-0.4, -0.2) is 9.78 Å². The molecule has 0 aliphatic heterocycles. The zero-order valence-electron chi connectivity index (χ0n) is 13.9. The molecule has 0 bridgehead atoms. The molecule has 4 rings (SSSR count). The first kappa shape index (κ1) is 17.1. The van der Waals surface area contributed by atoms with Crippen LogP contribution in [0, 0.1) is 0 Å². The first-order chi connectivity index (χ1) is 12.7. The van der Waals surface area contributed by atoms with Crippen molar-refractivity contribution in [1.29, 1.82) is 0 Å². The summed E-state index contributed by atoms with van der Waals surface area (Å²) in [6, 6.07) is 32.8. The van der Waals surface area contributed by atoms with Gasteiger partial charge in [-0.15, -0.1) is 0 Å². The molecule has 4 aromatic rings. The monoisotopic (exact) mass is 422 g/mol. The Morgan fingerprint density at radius 2 is 1.08 bits per heavy atom. The molecule has 0 N–H and O–H groups in total. The van der Waals surface area contributed by atoms with E-state index in [0.717, 1.165) is 16.7 Å². The van der Waals surface area contributed by atoms with E-state index in [4.69, 9.17) is 16.7 Å². The van der Waals surface area contributed by atoms with Gasteiger partial charge in [0.1, 0.15) is 15.3 Å². The maximum Gasteiger partial charge on any atom is 0.139 e. The summed E-state index contributed by atoms with van der Waals surface area (Å²) in [5.74, 6) is 0. The fourth-order valence-corrected chi connectivity index (χ4v) is 4.25. The fourth-order valence-electron chi connectivity index (χ4n) is 3.47. The fraction of sp³-hybridized carbons (Fsp3) is 0.0455. The van der Waals surface area contributed by atoms with Crippen molar-refractivity contribution < 1.29 is 0 Å². The predicted octanol–water partition coefficient (Wildman–Crippen LogP) is 6.14. The molecule has 0 fully saturated rings. The third-order valence-corrected chi connectivity index (χ3v) is 5.19. The molecule has 0 aliphatic rings. The van der Waals surface area contributed by atoms with Gasteiger partial charge in [-0.3, -0.25) is 0 Å². The van der Waals surface area contributed by atoms with Gasteiger partial charge < -0.3 is 0 Å². The van der Waals surface area contributed by atoms with E-state index in [9.17, 15) is 0 Å². The number of benzene rings is 3. The highest BCUT2D eigenvalue weighted by Gasteiger charge is 2.40. The normalized spacial score (nSPS) is 11.5. The van der Waals surface area contributed by atoms with E-state index < -0.39 is 5.54 Å². The van der Waals surface area contributed by atoms with Gasteiger partial charge in [0, 0.05) is 6.07 Å². The molecule has 1 heterocycles. The van der Waals surface area contributed by atoms with Gasteiger partial charge in [0.05, 0.1) is 0 Å². The highest BCUT2D eigenvalue weighted by atomic mass is 79.9. The molecule has 4 heteroatoms. The Morgan fingerprint density at radius 3 is 1.38 bits per heavy atom. The summed E-state index contributed by atoms with van der Waals surface area (Å²) in [5.41, 5.74) is 2.60. The second-order valence-corrected chi connectivity index (χ2v) is 7.21. The number of hydrogen-bond donors (Lipinski definition) is 0. The molecule has 0 unspecified atom stereocenters. The van der Waals surface area contributed by atoms with Gasteiger partial charge in [-0.2, -0.15) is 5.10 Å². The van der Waals surface area contributed by atoms with Gasteiger partial charge in [-0.25, -0.2) is 4.68 Å². The molecule has 2 nitrogen and oxygen atoms in total. The minimum atomic E-state index is -0.674. The molecule has 0 saturated heterocycles. The van der Waals surface area contributed by atoms with Crippen molar-refractivity contribution in [3.05, 3.63) is 124 Å². The third-order valence-electron chi connectivity index (χ3n) is 4.53. The molecule has 0 spiro atoms. The lowest BCUT2D eigenvalue weighted by molar-refractivity contribution is 0.459. The molecule has 128 valence electrons. The Bertz CT molecular complexity index is 902. The zero-order valence-corrected chi connectivity index (χ0v) is 16.2. The molecule has 0 amide bonds. The first-order valence-corrected chi connectivity index (χ1v) is 9.48. The molecule has 26 heavy (non-hydrogen) atoms. The standard InChI is InChI=1S/C22H16BrClN2/c23-20-16-21(24)26(25-20)22(17-10-4-1-5-11-17,18-12-6-2-7-13-18)19-14-8-3-9-15-19/h1-16H. The number of nitrogens with zero attached hydrogens (tertiary/aromatic N) is 2. The number of hydrogen-bond acceptors (Lipinski definition) is 1. The van der Waals surface area contributed by atoms with Crippen molar-refractivity contribution in [1.82, 2.24) is 9.78 Å². The topological polar surface area (TPSA) is 17.8 Å². The van der Waals surface area contributed by atoms with Crippen LogP contribution in [0.3, 0.4) is 0 Å². The number of halogens is 2. The van der Waals surface area contributed by atoms with E-state index in [0.29, 0.717) is 9.76 Å². The maximum absolute atomic E-state index is 6.65. The van der Waals surface area contributed by atoms with Crippen LogP contribution in [0.5, 0.6) is 0 Å². The average molecular weight is 424 g/mol. The van der Waals surface area contributed by atoms with E-state index in [1.54, 1.807) is 0 Å². The Balaban J connectivity index is 2.16. The largest absolute Gasteiger partial charge is 0.233 e. The summed E-state index contributed by atoms with van der Waals surface area (Å²) in [4.78, 5) is 0. The smallest absolute Gasteiger partial charge is 0.139 e. The molecule has 0 saturated carbocycles. The van der Waals surface area contributed by atoms with Gasteiger partial charge in [-0.05, 0) is 32.6 Å². The Kier molecular flexibility index (Phi) is 4.66. The van der Waals surface area contributed by atoms with Gasteiger partial charge in [0.25, 0.3) is 0 Å². The number of rotatable bonds is 4. The third kappa shape index (κ3) is 2.77. The number of aromatic nitrogens is 2. The summed E-state index contributed by atoms with van der Waals surface area (Å²) >= 11 is 10.1. The quantitative estimate of drug-likeness (QED) is 0.361. The van der Waals surface area contributed by atoms with Crippen LogP contribution in [0.15, 0.2) is 102 Å². The Hall–Kier alpha value is -2.36. The second-order valence-electron chi connectivity index (χ2n) is 6.01. The van der Waals surface area contributed by atoms with Gasteiger partial charge in [0.15, 0.2) is 0 Å². The van der Waals surface area contributed by atoms with Gasteiger partial charge in [-0.1, -0.05) is 103 Å². The Morgan fingerprint density at radius 1 is 0.692 bits per heavy atom. The molecular weight excluding hydrogens is 408 g/mol. The SMILES string of the molecule is Clc1cc(Br)nn1C(c1ccccc1)(c1ccccc1)c1ccccc1. The maximum atomic E-state index is 6.65. The first-order valence-electron chi connectivity index (χ1n) is 8.31. The van der Waals surface area contributed by atoms with E-state index >= 15 is 0 Å². The van der Waals surface area contributed by atoms with Crippen molar-refractivity contribution in [3.63, 3.8) is 0 Å². The van der Waals surface area contributed by atoms with Crippen molar-refractivity contribution >= 4 is 27.5 Å². The summed E-state index contributed by atoms with van der Waals surface area (Å²) < 4.78 is 2.59. The minimum absolute atomic E-state index is 0.563. The van der Waals surface area contributed by atoms with Crippen molar-refractivity contribution in [2.24, 2.45) is 0 Å². The van der Waals surface area contributed by atoms with Crippen LogP contribution < -0.4 is 0 Å². The van der Waals surface area contributed by atoms with Crippen molar-refractivity contribution in [2.75, 3.05) is 0 Å². The minimum Gasteiger partial charge on any atom is -0.233 e. The molecule has 0 aliphatic carbocycles. The van der Waals surface area contributed by atoms with E-state index in [-0.39, 0.29) is 0 Å². The molecule has 0 atom stereocenters. The zero-order chi connectivity index (χ0) is 18.0. The van der Waals surface area contributed by atoms with Crippen LogP contribution in [0.1, 0.15) is 16.7 Å². The van der Waals surface area contributed by atoms with Crippen LogP contribution >= 0.6 is 27.5 Å². The Labute approximate surface area is 166 Å². The van der Waals surface area contributed by atoms with Crippen molar-refractivity contribution in [2.45, 2.75) is 5.54 Å². The van der Waals surface area contributed by atoms with Crippen molar-refractivity contribution in [3.8, 4) is 0 Å². The highest BCUT2D eigenvalue weighted by molar-refractivity contribution is 9.10. The van der Waals surface area contributed by atoms with Gasteiger partial charge in [0.2, 0.25) is 0 Å². The molecule has 0 radical (unpaired) electrons. The lowest BCUT2D eigenvalue weighted by Gasteiger charge is -2.36. The summed E-state index contributed by atoms with van der Waals surface area (Å²) in [5, 5.41) is 5.28. The molecular formula is C22H16BrClN2. The van der Waals surface area contributed by atoms with Crippen LogP contribution in [0.2, 0.25) is 5.15 Å². The summed E-state index contributed by atoms with van der Waals surface area (Å²) in [7, 11) is 0. The van der Waals surface area contributed by atoms with E-state index in [2.05, 4.69) is 52.3 Å². The molecule has 1 aromatic heterocycles. The van der Waals surface area contributed by atoms with E-state index in [1.807, 2.05) is 65.3 Å². The molecule has 3 aromatic carbocycles. The average Bonchev–Trinajstić information content (AvgIpc) is 3.03. The van der Waals surface area contributed by atoms with E-state index in [1.165, 1.54) is 0 Å².